The van der Waals surface area contributed by atoms with Crippen molar-refractivity contribution in [2.24, 2.45) is 4.99 Å². The number of nitrogens with zero attached hydrogens (tertiary/aromatic N) is 4. The molecular formula is C57H38N6. The molecule has 0 aliphatic carbocycles. The van der Waals surface area contributed by atoms with Gasteiger partial charge in [-0.15, -0.1) is 0 Å². The minimum atomic E-state index is 0.130. The lowest BCUT2D eigenvalue weighted by Crippen LogP contribution is -2.17. The number of aromatic nitrogens is 4. The third-order valence-electron chi connectivity index (χ3n) is 12.2. The van der Waals surface area contributed by atoms with Crippen molar-refractivity contribution in [1.82, 2.24) is 19.1 Å². The van der Waals surface area contributed by atoms with Crippen molar-refractivity contribution in [1.29, 1.82) is 5.41 Å². The molecule has 0 spiro atoms. The van der Waals surface area contributed by atoms with Gasteiger partial charge in [0.15, 0.2) is 11.3 Å². The van der Waals surface area contributed by atoms with Crippen LogP contribution >= 0.6 is 0 Å². The minimum Gasteiger partial charge on any atom is -0.337 e. The molecule has 2 N–H and O–H groups in total. The number of para-hydroxylation sites is 6. The second-order valence-corrected chi connectivity index (χ2v) is 15.9. The summed E-state index contributed by atoms with van der Waals surface area (Å²) in [6.45, 7) is 0. The molecule has 3 heterocycles. The summed E-state index contributed by atoms with van der Waals surface area (Å²) < 4.78 is 4.63. The van der Waals surface area contributed by atoms with Gasteiger partial charge in [0.2, 0.25) is 0 Å². The Kier molecular flexibility index (Phi) is 8.54. The summed E-state index contributed by atoms with van der Waals surface area (Å²) in [5.41, 5.74) is 15.5. The first-order valence-electron chi connectivity index (χ1n) is 21.2. The third kappa shape index (κ3) is 6.15. The minimum absolute atomic E-state index is 0.130. The lowest BCUT2D eigenvalue weighted by molar-refractivity contribution is 1.13. The smallest absolute Gasteiger partial charge is 0.159 e. The van der Waals surface area contributed by atoms with E-state index in [1.165, 1.54) is 21.8 Å². The van der Waals surface area contributed by atoms with Crippen LogP contribution in [0, 0.1) is 5.41 Å². The zero-order valence-electron chi connectivity index (χ0n) is 34.1. The molecule has 12 aromatic rings. The molecule has 0 atom stereocenters. The van der Waals surface area contributed by atoms with Crippen molar-refractivity contribution >= 4 is 60.5 Å². The highest BCUT2D eigenvalue weighted by Crippen LogP contribution is 2.39. The first kappa shape index (κ1) is 36.3. The molecule has 0 saturated heterocycles. The van der Waals surface area contributed by atoms with Gasteiger partial charge in [-0.2, -0.15) is 0 Å². The maximum absolute atomic E-state index is 9.67. The number of aromatic amines is 1. The third-order valence-corrected chi connectivity index (χ3v) is 12.2. The van der Waals surface area contributed by atoms with Crippen molar-refractivity contribution in [3.8, 4) is 44.9 Å². The topological polar surface area (TPSA) is 74.8 Å². The molecule has 6 nitrogen and oxygen atoms in total. The summed E-state index contributed by atoms with van der Waals surface area (Å²) in [6.07, 6.45) is 0. The summed E-state index contributed by atoms with van der Waals surface area (Å²) in [5, 5.41) is 14.4. The zero-order valence-corrected chi connectivity index (χ0v) is 34.1. The highest BCUT2D eigenvalue weighted by atomic mass is 15.0. The molecule has 0 aliphatic rings. The van der Waals surface area contributed by atoms with E-state index >= 15 is 0 Å². The van der Waals surface area contributed by atoms with E-state index in [4.69, 9.17) is 9.98 Å². The SMILES string of the molecule is N=C(N=c1[nH]c2ccccc2nc1-c1cccc(-c2ccccc2)c1)c1ccccc1-n1c2ccccc2c2cc(-c3ccc4c(c3)c3ccccc3n4-c3ccccc3)ccc21. The molecule has 3 aromatic heterocycles. The molecule has 296 valence electrons. The average molecular weight is 807 g/mol. The highest BCUT2D eigenvalue weighted by molar-refractivity contribution is 6.13. The van der Waals surface area contributed by atoms with E-state index in [1.807, 2.05) is 60.7 Å². The van der Waals surface area contributed by atoms with Crippen molar-refractivity contribution in [3.63, 3.8) is 0 Å². The molecule has 0 amide bonds. The second kappa shape index (κ2) is 14.8. The van der Waals surface area contributed by atoms with Gasteiger partial charge in [-0.1, -0.05) is 140 Å². The first-order chi connectivity index (χ1) is 31.2. The number of hydrogen-bond acceptors (Lipinski definition) is 2. The fourth-order valence-electron chi connectivity index (χ4n) is 9.26. The van der Waals surface area contributed by atoms with E-state index in [2.05, 4.69) is 172 Å². The maximum atomic E-state index is 9.67. The Balaban J connectivity index is 0.990. The van der Waals surface area contributed by atoms with Gasteiger partial charge in [0, 0.05) is 38.4 Å². The fraction of sp³-hybridized carbons (Fsp3) is 0. The molecule has 6 heteroatoms. The van der Waals surface area contributed by atoms with Gasteiger partial charge in [-0.3, -0.25) is 5.41 Å². The highest BCUT2D eigenvalue weighted by Gasteiger charge is 2.19. The Morgan fingerprint density at radius 2 is 0.968 bits per heavy atom. The Labute approximate surface area is 362 Å². The van der Waals surface area contributed by atoms with Crippen molar-refractivity contribution in [3.05, 3.63) is 229 Å². The molecule has 12 rings (SSSR count). The van der Waals surface area contributed by atoms with E-state index in [1.54, 1.807) is 0 Å². The molecule has 0 bridgehead atoms. The number of nitrogens with one attached hydrogen (secondary N) is 2. The predicted octanol–water partition coefficient (Wildman–Crippen LogP) is 13.7. The lowest BCUT2D eigenvalue weighted by Gasteiger charge is -2.13. The van der Waals surface area contributed by atoms with Crippen LogP contribution < -0.4 is 5.49 Å². The Hall–Kier alpha value is -8.61. The Morgan fingerprint density at radius 1 is 0.429 bits per heavy atom. The van der Waals surface area contributed by atoms with Crippen LogP contribution in [-0.2, 0) is 0 Å². The van der Waals surface area contributed by atoms with Gasteiger partial charge in [0.25, 0.3) is 0 Å². The summed E-state index contributed by atoms with van der Waals surface area (Å²) in [5.74, 6) is 0.130. The summed E-state index contributed by atoms with van der Waals surface area (Å²) in [6, 6.07) is 76.1. The predicted molar refractivity (Wildman–Crippen MR) is 260 cm³/mol. The number of hydrogen-bond donors (Lipinski definition) is 2. The van der Waals surface area contributed by atoms with Gasteiger partial charge in [0.05, 0.1) is 38.8 Å². The van der Waals surface area contributed by atoms with E-state index in [-0.39, 0.29) is 5.84 Å². The summed E-state index contributed by atoms with van der Waals surface area (Å²) >= 11 is 0. The van der Waals surface area contributed by atoms with Gasteiger partial charge in [0.1, 0.15) is 5.69 Å². The molecule has 63 heavy (non-hydrogen) atoms. The van der Waals surface area contributed by atoms with Gasteiger partial charge in [-0.05, 0) is 101 Å². The van der Waals surface area contributed by atoms with Crippen LogP contribution in [-0.4, -0.2) is 24.9 Å². The van der Waals surface area contributed by atoms with Crippen LogP contribution in [0.25, 0.3) is 99.5 Å². The molecule has 0 fully saturated rings. The Morgan fingerprint density at radius 3 is 1.71 bits per heavy atom. The van der Waals surface area contributed by atoms with Crippen LogP contribution in [0.5, 0.6) is 0 Å². The summed E-state index contributed by atoms with van der Waals surface area (Å²) in [4.78, 5) is 13.7. The van der Waals surface area contributed by atoms with Crippen LogP contribution in [0.3, 0.4) is 0 Å². The molecule has 0 radical (unpaired) electrons. The monoisotopic (exact) mass is 806 g/mol. The average Bonchev–Trinajstić information content (AvgIpc) is 3.86. The van der Waals surface area contributed by atoms with E-state index in [0.29, 0.717) is 16.7 Å². The van der Waals surface area contributed by atoms with Crippen LogP contribution in [0.1, 0.15) is 5.56 Å². The first-order valence-corrected chi connectivity index (χ1v) is 21.2. The van der Waals surface area contributed by atoms with Gasteiger partial charge in [-0.25, -0.2) is 9.98 Å². The number of rotatable bonds is 6. The standard InChI is InChI=1S/C57H38N6/c58-56(61-57-55(59-48-25-10-11-26-49(48)60-57)41-19-15-18-38(34-41)37-16-3-1-4-17-37)45-24-9-14-29-52(45)63-51-28-13-8-23-44(51)47-36-40(31-33-54(47)63)39-30-32-53-46(35-39)43-22-7-12-27-50(43)62(53)42-20-5-2-6-21-42/h1-36H,(H2,58,60,61). The lowest BCUT2D eigenvalue weighted by atomic mass is 10.0. The van der Waals surface area contributed by atoms with Crippen LogP contribution in [0.15, 0.2) is 223 Å². The number of fused-ring (bicyclic) bond motifs is 7. The van der Waals surface area contributed by atoms with E-state index in [0.717, 1.165) is 72.0 Å². The van der Waals surface area contributed by atoms with Crippen molar-refractivity contribution in [2.75, 3.05) is 0 Å². The molecule has 0 saturated carbocycles. The molecule has 0 unspecified atom stereocenters. The number of benzene rings is 9. The Bertz CT molecular complexity index is 3820. The molecular weight excluding hydrogens is 769 g/mol. The fourth-order valence-corrected chi connectivity index (χ4v) is 9.26. The van der Waals surface area contributed by atoms with Crippen LogP contribution in [0.2, 0.25) is 0 Å². The quantitative estimate of drug-likeness (QED) is 0.127. The van der Waals surface area contributed by atoms with Crippen molar-refractivity contribution < 1.29 is 0 Å². The second-order valence-electron chi connectivity index (χ2n) is 15.9. The summed E-state index contributed by atoms with van der Waals surface area (Å²) in [7, 11) is 0. The number of amidine groups is 1. The normalized spacial score (nSPS) is 12.0. The maximum Gasteiger partial charge on any atom is 0.159 e. The van der Waals surface area contributed by atoms with Gasteiger partial charge < -0.3 is 14.1 Å². The molecule has 0 aliphatic heterocycles. The molecule has 9 aromatic carbocycles. The largest absolute Gasteiger partial charge is 0.337 e. The van der Waals surface area contributed by atoms with Crippen molar-refractivity contribution in [2.45, 2.75) is 0 Å². The van der Waals surface area contributed by atoms with E-state index in [9.17, 15) is 5.41 Å². The van der Waals surface area contributed by atoms with E-state index < -0.39 is 0 Å². The van der Waals surface area contributed by atoms with Gasteiger partial charge >= 0.3 is 0 Å². The number of H-pyrrole nitrogens is 1. The van der Waals surface area contributed by atoms with Crippen LogP contribution in [0.4, 0.5) is 0 Å². The zero-order chi connectivity index (χ0) is 41.9.